The van der Waals surface area contributed by atoms with Gasteiger partial charge >= 0.3 is 0 Å². The molecule has 0 heterocycles. The standard InChI is InChI=1S/C14H16I3N3O5/c1-5(22)20-12-10(16)7(13(24)18-2)9(15)8(11(12)17)14(25)19-3-6(23)4-21/h6,21,23H,3-4H2,1-2H3,(H,18,24)(H,19,25)(H,20,22). The van der Waals surface area contributed by atoms with Gasteiger partial charge in [0, 0.05) is 24.1 Å². The zero-order valence-electron chi connectivity index (χ0n) is 13.2. The van der Waals surface area contributed by atoms with E-state index in [9.17, 15) is 19.5 Å². The van der Waals surface area contributed by atoms with Gasteiger partial charge < -0.3 is 26.2 Å². The van der Waals surface area contributed by atoms with Crippen molar-refractivity contribution < 1.29 is 24.6 Å². The van der Waals surface area contributed by atoms with Crippen LogP contribution < -0.4 is 16.0 Å². The number of carbonyl (C=O) groups excluding carboxylic acids is 3. The number of rotatable bonds is 6. The number of halogens is 3. The van der Waals surface area contributed by atoms with Gasteiger partial charge in [-0.1, -0.05) is 0 Å². The van der Waals surface area contributed by atoms with Gasteiger partial charge in [-0.25, -0.2) is 0 Å². The average molecular weight is 687 g/mol. The molecular weight excluding hydrogens is 671 g/mol. The number of amides is 3. The minimum absolute atomic E-state index is 0.141. The van der Waals surface area contributed by atoms with Crippen molar-refractivity contribution in [3.05, 3.63) is 21.8 Å². The first-order valence-corrected chi connectivity index (χ1v) is 10.2. The number of benzene rings is 1. The summed E-state index contributed by atoms with van der Waals surface area (Å²) in [7, 11) is 1.47. The number of aliphatic hydroxyl groups excluding tert-OH is 2. The maximum atomic E-state index is 12.6. The third-order valence-corrected chi connectivity index (χ3v) is 6.24. The maximum absolute atomic E-state index is 12.6. The van der Waals surface area contributed by atoms with Crippen molar-refractivity contribution in [3.63, 3.8) is 0 Å². The molecule has 0 spiro atoms. The second-order valence-electron chi connectivity index (χ2n) is 4.87. The van der Waals surface area contributed by atoms with Crippen molar-refractivity contribution in [1.29, 1.82) is 0 Å². The van der Waals surface area contributed by atoms with Crippen molar-refractivity contribution in [3.8, 4) is 0 Å². The normalized spacial score (nSPS) is 11.6. The molecule has 0 fully saturated rings. The van der Waals surface area contributed by atoms with Crippen LogP contribution in [0.4, 0.5) is 5.69 Å². The van der Waals surface area contributed by atoms with Crippen LogP contribution in [-0.2, 0) is 4.79 Å². The summed E-state index contributed by atoms with van der Waals surface area (Å²) in [4.78, 5) is 36.3. The van der Waals surface area contributed by atoms with Crippen LogP contribution in [0.2, 0.25) is 0 Å². The first-order chi connectivity index (χ1) is 11.6. The van der Waals surface area contributed by atoms with E-state index in [2.05, 4.69) is 16.0 Å². The van der Waals surface area contributed by atoms with Gasteiger partial charge in [-0.05, 0) is 67.8 Å². The van der Waals surface area contributed by atoms with E-state index in [-0.39, 0.29) is 29.5 Å². The third kappa shape index (κ3) is 5.61. The molecular formula is C14H16I3N3O5. The molecule has 138 valence electrons. The van der Waals surface area contributed by atoms with E-state index in [4.69, 9.17) is 5.11 Å². The molecule has 0 aliphatic heterocycles. The summed E-state index contributed by atoms with van der Waals surface area (Å²) in [6.07, 6.45) is -1.09. The first kappa shape index (κ1) is 22.8. The SMILES string of the molecule is CNC(=O)c1c(I)c(NC(C)=O)c(I)c(C(=O)NCC(O)CO)c1I. The molecule has 0 saturated heterocycles. The molecule has 0 saturated carbocycles. The summed E-state index contributed by atoms with van der Waals surface area (Å²) in [6.45, 7) is 0.709. The lowest BCUT2D eigenvalue weighted by atomic mass is 10.1. The Bertz CT molecular complexity index is 712. The molecule has 1 rings (SSSR count). The molecule has 0 aliphatic carbocycles. The average Bonchev–Trinajstić information content (AvgIpc) is 2.55. The molecule has 11 heteroatoms. The fourth-order valence-corrected chi connectivity index (χ4v) is 6.25. The summed E-state index contributed by atoms with van der Waals surface area (Å²) in [5.74, 6) is -1.24. The van der Waals surface area contributed by atoms with Crippen molar-refractivity contribution in [2.75, 3.05) is 25.5 Å². The van der Waals surface area contributed by atoms with Gasteiger partial charge in [0.05, 0.1) is 36.7 Å². The van der Waals surface area contributed by atoms with E-state index in [0.717, 1.165) is 0 Å². The summed E-state index contributed by atoms with van der Waals surface area (Å²) in [5, 5.41) is 25.9. The van der Waals surface area contributed by atoms with Gasteiger partial charge in [0.15, 0.2) is 0 Å². The molecule has 1 unspecified atom stereocenters. The predicted octanol–water partition coefficient (Wildman–Crippen LogP) is 0.901. The van der Waals surface area contributed by atoms with Gasteiger partial charge in [-0.2, -0.15) is 0 Å². The topological polar surface area (TPSA) is 128 Å². The lowest BCUT2D eigenvalue weighted by Gasteiger charge is -2.19. The lowest BCUT2D eigenvalue weighted by Crippen LogP contribution is -2.35. The molecule has 8 nitrogen and oxygen atoms in total. The van der Waals surface area contributed by atoms with Crippen LogP contribution in [0.3, 0.4) is 0 Å². The number of hydrogen-bond donors (Lipinski definition) is 5. The molecule has 1 aromatic rings. The largest absolute Gasteiger partial charge is 0.394 e. The van der Waals surface area contributed by atoms with Crippen molar-refractivity contribution in [2.45, 2.75) is 13.0 Å². The molecule has 5 N–H and O–H groups in total. The smallest absolute Gasteiger partial charge is 0.253 e. The van der Waals surface area contributed by atoms with E-state index >= 15 is 0 Å². The highest BCUT2D eigenvalue weighted by molar-refractivity contribution is 14.1. The maximum Gasteiger partial charge on any atom is 0.253 e. The van der Waals surface area contributed by atoms with Gasteiger partial charge in [0.1, 0.15) is 0 Å². The molecule has 0 radical (unpaired) electrons. The molecule has 1 aromatic carbocycles. The summed E-state index contributed by atoms with van der Waals surface area (Å²) >= 11 is 5.79. The zero-order chi connectivity index (χ0) is 19.3. The van der Waals surface area contributed by atoms with Crippen LogP contribution >= 0.6 is 67.8 Å². The molecule has 0 bridgehead atoms. The summed E-state index contributed by atoms with van der Waals surface area (Å²) in [6, 6.07) is 0. The Balaban J connectivity index is 3.52. The van der Waals surface area contributed by atoms with Crippen LogP contribution in [0.15, 0.2) is 0 Å². The quantitative estimate of drug-likeness (QED) is 0.285. The fourth-order valence-electron chi connectivity index (χ4n) is 1.84. The van der Waals surface area contributed by atoms with E-state index < -0.39 is 18.6 Å². The minimum atomic E-state index is -1.09. The summed E-state index contributed by atoms with van der Waals surface area (Å²) in [5.41, 5.74) is 0.871. The Morgan fingerprint density at radius 1 is 1.04 bits per heavy atom. The third-order valence-electron chi connectivity index (χ3n) is 3.01. The second kappa shape index (κ2) is 10.2. The van der Waals surface area contributed by atoms with Gasteiger partial charge in [0.2, 0.25) is 5.91 Å². The van der Waals surface area contributed by atoms with Crippen LogP contribution in [0.25, 0.3) is 0 Å². The van der Waals surface area contributed by atoms with Gasteiger partial charge in [-0.15, -0.1) is 0 Å². The monoisotopic (exact) mass is 687 g/mol. The lowest BCUT2D eigenvalue weighted by molar-refractivity contribution is -0.114. The predicted molar refractivity (Wildman–Crippen MR) is 118 cm³/mol. The minimum Gasteiger partial charge on any atom is -0.394 e. The van der Waals surface area contributed by atoms with E-state index in [1.54, 1.807) is 0 Å². The van der Waals surface area contributed by atoms with Crippen molar-refractivity contribution in [1.82, 2.24) is 10.6 Å². The Morgan fingerprint density at radius 3 is 2.00 bits per heavy atom. The van der Waals surface area contributed by atoms with Gasteiger partial charge in [-0.3, -0.25) is 14.4 Å². The van der Waals surface area contributed by atoms with Crippen LogP contribution in [-0.4, -0.2) is 54.2 Å². The van der Waals surface area contributed by atoms with Gasteiger partial charge in [0.25, 0.3) is 11.8 Å². The van der Waals surface area contributed by atoms with E-state index in [0.29, 0.717) is 16.4 Å². The van der Waals surface area contributed by atoms with Crippen LogP contribution in [0.5, 0.6) is 0 Å². The van der Waals surface area contributed by atoms with E-state index in [1.807, 2.05) is 67.8 Å². The highest BCUT2D eigenvalue weighted by Gasteiger charge is 2.28. The summed E-state index contributed by atoms with van der Waals surface area (Å²) < 4.78 is 1.42. The Labute approximate surface area is 185 Å². The number of nitrogens with one attached hydrogen (secondary N) is 3. The van der Waals surface area contributed by atoms with Crippen molar-refractivity contribution in [2.24, 2.45) is 0 Å². The Kier molecular flexibility index (Phi) is 9.27. The van der Waals surface area contributed by atoms with Crippen LogP contribution in [0, 0.1) is 10.7 Å². The highest BCUT2D eigenvalue weighted by Crippen LogP contribution is 2.35. The fraction of sp³-hybridized carbons (Fsp3) is 0.357. The zero-order valence-corrected chi connectivity index (χ0v) is 19.7. The number of carbonyl (C=O) groups is 3. The number of anilines is 1. The molecule has 1 atom stereocenters. The number of aliphatic hydroxyl groups is 2. The number of hydrogen-bond acceptors (Lipinski definition) is 5. The molecule has 0 aliphatic rings. The Morgan fingerprint density at radius 2 is 1.56 bits per heavy atom. The van der Waals surface area contributed by atoms with E-state index in [1.165, 1.54) is 14.0 Å². The Hall–Kier alpha value is -0.260. The molecule has 3 amide bonds. The highest BCUT2D eigenvalue weighted by atomic mass is 127. The molecule has 25 heavy (non-hydrogen) atoms. The van der Waals surface area contributed by atoms with Crippen molar-refractivity contribution >= 4 is 91.2 Å². The second-order valence-corrected chi connectivity index (χ2v) is 8.11. The first-order valence-electron chi connectivity index (χ1n) is 6.92. The van der Waals surface area contributed by atoms with Crippen LogP contribution in [0.1, 0.15) is 27.6 Å². The molecule has 0 aromatic heterocycles.